The second kappa shape index (κ2) is 4.77. The molecule has 1 atom stereocenters. The first-order chi connectivity index (χ1) is 6.91. The maximum atomic E-state index is 10.6. The van der Waals surface area contributed by atoms with Gasteiger partial charge in [-0.3, -0.25) is 4.79 Å². The fraction of sp³-hybridized carbons (Fsp3) is 0.364. The summed E-state index contributed by atoms with van der Waals surface area (Å²) in [5, 5.41) is 8.72. The summed E-state index contributed by atoms with van der Waals surface area (Å²) in [5.41, 5.74) is 8.64. The highest BCUT2D eigenvalue weighted by Crippen LogP contribution is 2.21. The third kappa shape index (κ3) is 3.04. The number of halogens is 1. The van der Waals surface area contributed by atoms with Crippen molar-refractivity contribution in [2.75, 3.05) is 0 Å². The maximum Gasteiger partial charge on any atom is 0.320 e. The molecule has 0 aromatic heterocycles. The smallest absolute Gasteiger partial charge is 0.320 e. The Bertz CT molecular complexity index is 390. The molecule has 1 aromatic rings. The number of hydrogen-bond acceptors (Lipinski definition) is 2. The summed E-state index contributed by atoms with van der Waals surface area (Å²) in [5.74, 6) is -0.963. The molecular weight excluding hydrogens is 258 g/mol. The molecule has 0 aliphatic rings. The minimum Gasteiger partial charge on any atom is -0.480 e. The molecule has 0 bridgehead atoms. The van der Waals surface area contributed by atoms with Crippen LogP contribution in [0.4, 0.5) is 0 Å². The highest BCUT2D eigenvalue weighted by molar-refractivity contribution is 9.10. The van der Waals surface area contributed by atoms with Crippen molar-refractivity contribution in [1.82, 2.24) is 0 Å². The lowest BCUT2D eigenvalue weighted by molar-refractivity contribution is -0.138. The van der Waals surface area contributed by atoms with Crippen molar-refractivity contribution < 1.29 is 9.90 Å². The molecule has 3 nitrogen and oxygen atoms in total. The molecule has 0 amide bonds. The van der Waals surface area contributed by atoms with Gasteiger partial charge in [0.15, 0.2) is 0 Å². The van der Waals surface area contributed by atoms with Crippen molar-refractivity contribution in [1.29, 1.82) is 0 Å². The van der Waals surface area contributed by atoms with E-state index < -0.39 is 12.0 Å². The van der Waals surface area contributed by atoms with Gasteiger partial charge in [-0.05, 0) is 43.0 Å². The zero-order valence-corrected chi connectivity index (χ0v) is 10.3. The van der Waals surface area contributed by atoms with Crippen molar-refractivity contribution in [2.24, 2.45) is 5.73 Å². The Morgan fingerprint density at radius 1 is 1.47 bits per heavy atom. The largest absolute Gasteiger partial charge is 0.480 e. The van der Waals surface area contributed by atoms with Crippen LogP contribution in [0.25, 0.3) is 0 Å². The van der Waals surface area contributed by atoms with E-state index in [4.69, 9.17) is 10.8 Å². The minimum atomic E-state index is -0.963. The maximum absolute atomic E-state index is 10.6. The number of carbonyl (C=O) groups is 1. The van der Waals surface area contributed by atoms with Gasteiger partial charge < -0.3 is 10.8 Å². The molecule has 0 aliphatic carbocycles. The standard InChI is InChI=1S/C11H14BrNO2/c1-6-4-9(12)7(2)3-8(6)5-10(13)11(14)15/h3-4,10H,5,13H2,1-2H3,(H,14,15). The SMILES string of the molecule is Cc1cc(CC(N)C(=O)O)c(C)cc1Br. The predicted octanol–water partition coefficient (Wildman–Crippen LogP) is 2.02. The Labute approximate surface area is 97.4 Å². The highest BCUT2D eigenvalue weighted by atomic mass is 79.9. The average molecular weight is 272 g/mol. The van der Waals surface area contributed by atoms with Crippen LogP contribution in [0.3, 0.4) is 0 Å². The molecule has 1 unspecified atom stereocenters. The van der Waals surface area contributed by atoms with E-state index in [1.165, 1.54) is 0 Å². The van der Waals surface area contributed by atoms with E-state index >= 15 is 0 Å². The summed E-state index contributed by atoms with van der Waals surface area (Å²) in [6, 6.07) is 3.13. The number of carboxylic acid groups (broad SMARTS) is 1. The fourth-order valence-electron chi connectivity index (χ4n) is 1.38. The minimum absolute atomic E-state index is 0.370. The lowest BCUT2D eigenvalue weighted by atomic mass is 9.99. The number of carboxylic acids is 1. The molecule has 82 valence electrons. The van der Waals surface area contributed by atoms with Gasteiger partial charge in [-0.15, -0.1) is 0 Å². The van der Waals surface area contributed by atoms with Crippen LogP contribution in [0.5, 0.6) is 0 Å². The molecule has 0 aliphatic heterocycles. The van der Waals surface area contributed by atoms with Gasteiger partial charge in [-0.1, -0.05) is 22.0 Å². The number of aliphatic carboxylic acids is 1. The molecule has 15 heavy (non-hydrogen) atoms. The normalized spacial score (nSPS) is 12.5. The number of rotatable bonds is 3. The number of aryl methyl sites for hydroxylation is 2. The quantitative estimate of drug-likeness (QED) is 0.884. The molecular formula is C11H14BrNO2. The fourth-order valence-corrected chi connectivity index (χ4v) is 1.84. The van der Waals surface area contributed by atoms with Gasteiger partial charge in [0.25, 0.3) is 0 Å². The highest BCUT2D eigenvalue weighted by Gasteiger charge is 2.14. The van der Waals surface area contributed by atoms with Gasteiger partial charge >= 0.3 is 5.97 Å². The average Bonchev–Trinajstić information content (AvgIpc) is 2.13. The first-order valence-electron chi connectivity index (χ1n) is 4.66. The van der Waals surface area contributed by atoms with E-state index in [2.05, 4.69) is 15.9 Å². The van der Waals surface area contributed by atoms with Crippen LogP contribution in [0.2, 0.25) is 0 Å². The Kier molecular flexibility index (Phi) is 3.88. The number of nitrogens with two attached hydrogens (primary N) is 1. The van der Waals surface area contributed by atoms with E-state index in [9.17, 15) is 4.79 Å². The van der Waals surface area contributed by atoms with Crippen LogP contribution in [0, 0.1) is 13.8 Å². The monoisotopic (exact) mass is 271 g/mol. The third-order valence-corrected chi connectivity index (χ3v) is 3.23. The molecule has 0 fully saturated rings. The molecule has 1 rings (SSSR count). The number of hydrogen-bond donors (Lipinski definition) is 2. The van der Waals surface area contributed by atoms with Crippen molar-refractivity contribution in [2.45, 2.75) is 26.3 Å². The summed E-state index contributed by atoms with van der Waals surface area (Å²) < 4.78 is 1.03. The van der Waals surface area contributed by atoms with Crippen LogP contribution in [0.1, 0.15) is 16.7 Å². The summed E-state index contributed by atoms with van der Waals surface area (Å²) >= 11 is 3.43. The second-order valence-electron chi connectivity index (χ2n) is 3.68. The van der Waals surface area contributed by atoms with E-state index in [0.29, 0.717) is 6.42 Å². The van der Waals surface area contributed by atoms with Crippen LogP contribution >= 0.6 is 15.9 Å². The first kappa shape index (κ1) is 12.2. The summed E-state index contributed by atoms with van der Waals surface area (Å²) in [6.45, 7) is 3.92. The van der Waals surface area contributed by atoms with Crippen LogP contribution in [-0.2, 0) is 11.2 Å². The first-order valence-corrected chi connectivity index (χ1v) is 5.45. The Hall–Kier alpha value is -0.870. The van der Waals surface area contributed by atoms with E-state index in [0.717, 1.165) is 21.2 Å². The third-order valence-electron chi connectivity index (χ3n) is 2.37. The summed E-state index contributed by atoms with van der Waals surface area (Å²) in [4.78, 5) is 10.6. The Morgan fingerprint density at radius 2 is 2.07 bits per heavy atom. The molecule has 0 saturated carbocycles. The molecule has 3 N–H and O–H groups in total. The van der Waals surface area contributed by atoms with Gasteiger partial charge in [0.05, 0.1) is 0 Å². The Morgan fingerprint density at radius 3 is 2.60 bits per heavy atom. The summed E-state index contributed by atoms with van der Waals surface area (Å²) in [7, 11) is 0. The van der Waals surface area contributed by atoms with Crippen molar-refractivity contribution in [3.05, 3.63) is 33.3 Å². The van der Waals surface area contributed by atoms with E-state index in [-0.39, 0.29) is 0 Å². The predicted molar refractivity (Wildman–Crippen MR) is 62.9 cm³/mol. The van der Waals surface area contributed by atoms with Gasteiger partial charge in [-0.2, -0.15) is 0 Å². The topological polar surface area (TPSA) is 63.3 Å². The van der Waals surface area contributed by atoms with Crippen molar-refractivity contribution in [3.63, 3.8) is 0 Å². The van der Waals surface area contributed by atoms with Crippen LogP contribution < -0.4 is 5.73 Å². The molecule has 0 radical (unpaired) electrons. The molecule has 0 heterocycles. The Balaban J connectivity index is 2.95. The molecule has 0 spiro atoms. The van der Waals surface area contributed by atoms with E-state index in [1.54, 1.807) is 0 Å². The van der Waals surface area contributed by atoms with Crippen LogP contribution in [0.15, 0.2) is 16.6 Å². The van der Waals surface area contributed by atoms with E-state index in [1.807, 2.05) is 26.0 Å². The van der Waals surface area contributed by atoms with Gasteiger partial charge in [-0.25, -0.2) is 0 Å². The molecule has 4 heteroatoms. The second-order valence-corrected chi connectivity index (χ2v) is 4.53. The lowest BCUT2D eigenvalue weighted by Gasteiger charge is -2.11. The zero-order valence-electron chi connectivity index (χ0n) is 8.75. The number of benzene rings is 1. The molecule has 0 saturated heterocycles. The van der Waals surface area contributed by atoms with Gasteiger partial charge in [0.1, 0.15) is 6.04 Å². The van der Waals surface area contributed by atoms with Crippen LogP contribution in [-0.4, -0.2) is 17.1 Å². The zero-order chi connectivity index (χ0) is 11.6. The summed E-state index contributed by atoms with van der Waals surface area (Å²) in [6.07, 6.45) is 0.370. The lowest BCUT2D eigenvalue weighted by Crippen LogP contribution is -2.32. The van der Waals surface area contributed by atoms with Crippen molar-refractivity contribution >= 4 is 21.9 Å². The molecule has 1 aromatic carbocycles. The van der Waals surface area contributed by atoms with Gasteiger partial charge in [0, 0.05) is 4.47 Å². The van der Waals surface area contributed by atoms with Crippen molar-refractivity contribution in [3.8, 4) is 0 Å². The van der Waals surface area contributed by atoms with Gasteiger partial charge in [0.2, 0.25) is 0 Å².